The molecule has 152 valence electrons. The Balaban J connectivity index is 1.83. The van der Waals surface area contributed by atoms with Crippen LogP contribution >= 0.6 is 11.3 Å². The van der Waals surface area contributed by atoms with E-state index in [-0.39, 0.29) is 18.2 Å². The lowest BCUT2D eigenvalue weighted by molar-refractivity contribution is 0.0872. The molecule has 1 aromatic heterocycles. The second-order valence-corrected chi connectivity index (χ2v) is 10.3. The molecule has 1 aliphatic rings. The quantitative estimate of drug-likeness (QED) is 0.663. The van der Waals surface area contributed by atoms with Crippen LogP contribution in [0.1, 0.15) is 33.0 Å². The van der Waals surface area contributed by atoms with E-state index in [2.05, 4.69) is 0 Å². The highest BCUT2D eigenvalue weighted by molar-refractivity contribution is 7.89. The van der Waals surface area contributed by atoms with E-state index in [0.717, 1.165) is 9.75 Å². The Morgan fingerprint density at radius 3 is 2.46 bits per heavy atom. The molecule has 8 heteroatoms. The van der Waals surface area contributed by atoms with E-state index in [9.17, 15) is 13.2 Å². The first-order valence-electron chi connectivity index (χ1n) is 9.11. The van der Waals surface area contributed by atoms with E-state index in [0.29, 0.717) is 41.3 Å². The lowest BCUT2D eigenvalue weighted by Gasteiger charge is -2.31. The number of thiophene rings is 1. The zero-order chi connectivity index (χ0) is 20.5. The molecule has 0 N–H and O–H groups in total. The Hall–Kier alpha value is -1.90. The SMILES string of the molecule is COc1ccc(C(=O)C2CCCN(S(=O)(=O)c3cc(C)sc3C)C2)cc1OC. The number of nitrogens with zero attached hydrogens (tertiary/aromatic N) is 1. The van der Waals surface area contributed by atoms with Gasteiger partial charge in [-0.3, -0.25) is 4.79 Å². The molecule has 6 nitrogen and oxygen atoms in total. The lowest BCUT2D eigenvalue weighted by Crippen LogP contribution is -2.42. The summed E-state index contributed by atoms with van der Waals surface area (Å²) in [6, 6.07) is 6.76. The minimum Gasteiger partial charge on any atom is -0.493 e. The Labute approximate surface area is 170 Å². The summed E-state index contributed by atoms with van der Waals surface area (Å²) in [6.45, 7) is 4.35. The number of benzene rings is 1. The molecular formula is C20H25NO5S2. The van der Waals surface area contributed by atoms with Gasteiger partial charge in [0.1, 0.15) is 0 Å². The molecule has 0 saturated carbocycles. The molecule has 3 rings (SSSR count). The standard InChI is InChI=1S/C20H25NO5S2/c1-13-10-19(14(2)27-13)28(23,24)21-9-5-6-16(12-21)20(22)15-7-8-17(25-3)18(11-15)26-4/h7-8,10-11,16H,5-6,9,12H2,1-4H3. The summed E-state index contributed by atoms with van der Waals surface area (Å²) in [5.74, 6) is 0.592. The molecule has 2 aromatic rings. The van der Waals surface area contributed by atoms with E-state index in [1.807, 2.05) is 13.8 Å². The summed E-state index contributed by atoms with van der Waals surface area (Å²) in [5, 5.41) is 0. The van der Waals surface area contributed by atoms with Crippen LogP contribution in [0.5, 0.6) is 11.5 Å². The summed E-state index contributed by atoms with van der Waals surface area (Å²) >= 11 is 1.47. The average Bonchev–Trinajstić information content (AvgIpc) is 3.05. The Kier molecular flexibility index (Phi) is 6.12. The van der Waals surface area contributed by atoms with Crippen molar-refractivity contribution in [2.75, 3.05) is 27.3 Å². The van der Waals surface area contributed by atoms with Crippen molar-refractivity contribution in [3.8, 4) is 11.5 Å². The third kappa shape index (κ3) is 3.94. The number of sulfonamides is 1. The molecule has 1 fully saturated rings. The highest BCUT2D eigenvalue weighted by Gasteiger charge is 2.35. The summed E-state index contributed by atoms with van der Waals surface area (Å²) in [7, 11) is -0.538. The predicted octanol–water partition coefficient (Wildman–Crippen LogP) is 3.67. The number of hydrogen-bond acceptors (Lipinski definition) is 6. The number of carbonyl (C=O) groups excluding carboxylic acids is 1. The molecule has 1 saturated heterocycles. The van der Waals surface area contributed by atoms with Crippen LogP contribution in [0.3, 0.4) is 0 Å². The number of methoxy groups -OCH3 is 2. The highest BCUT2D eigenvalue weighted by atomic mass is 32.2. The molecule has 28 heavy (non-hydrogen) atoms. The van der Waals surface area contributed by atoms with Crippen molar-refractivity contribution in [2.24, 2.45) is 5.92 Å². The number of carbonyl (C=O) groups is 1. The lowest BCUT2D eigenvalue weighted by atomic mass is 9.91. The molecule has 0 amide bonds. The van der Waals surface area contributed by atoms with Crippen molar-refractivity contribution in [3.05, 3.63) is 39.6 Å². The first kappa shape index (κ1) is 20.8. The average molecular weight is 424 g/mol. The van der Waals surface area contributed by atoms with Crippen LogP contribution in [-0.2, 0) is 10.0 Å². The molecule has 0 bridgehead atoms. The third-order valence-electron chi connectivity index (χ3n) is 5.04. The topological polar surface area (TPSA) is 72.9 Å². The monoisotopic (exact) mass is 423 g/mol. The molecule has 0 aliphatic carbocycles. The fourth-order valence-corrected chi connectivity index (χ4v) is 6.65. The first-order chi connectivity index (χ1) is 13.3. The zero-order valence-corrected chi connectivity index (χ0v) is 18.2. The smallest absolute Gasteiger partial charge is 0.244 e. The van der Waals surface area contributed by atoms with Gasteiger partial charge in [0, 0.05) is 34.3 Å². The minimum atomic E-state index is -3.60. The van der Waals surface area contributed by atoms with Gasteiger partial charge >= 0.3 is 0 Å². The third-order valence-corrected chi connectivity index (χ3v) is 8.12. The van der Waals surface area contributed by atoms with Gasteiger partial charge in [-0.2, -0.15) is 4.31 Å². The van der Waals surface area contributed by atoms with Crippen LogP contribution < -0.4 is 9.47 Å². The molecule has 2 heterocycles. The molecule has 1 aliphatic heterocycles. The van der Waals surface area contributed by atoms with Gasteiger partial charge in [-0.25, -0.2) is 8.42 Å². The maximum Gasteiger partial charge on any atom is 0.244 e. The maximum absolute atomic E-state index is 13.1. The van der Waals surface area contributed by atoms with Crippen molar-refractivity contribution in [1.82, 2.24) is 4.31 Å². The van der Waals surface area contributed by atoms with Crippen molar-refractivity contribution < 1.29 is 22.7 Å². The second-order valence-electron chi connectivity index (χ2n) is 6.91. The number of ketones is 1. The van der Waals surface area contributed by atoms with E-state index in [4.69, 9.17) is 9.47 Å². The Morgan fingerprint density at radius 2 is 1.86 bits per heavy atom. The summed E-state index contributed by atoms with van der Waals surface area (Å²) < 4.78 is 38.1. The zero-order valence-electron chi connectivity index (χ0n) is 16.5. The number of piperidine rings is 1. The molecule has 0 radical (unpaired) electrons. The van der Waals surface area contributed by atoms with E-state index < -0.39 is 10.0 Å². The van der Waals surface area contributed by atoms with Crippen molar-refractivity contribution in [3.63, 3.8) is 0 Å². The van der Waals surface area contributed by atoms with Crippen LogP contribution in [0.2, 0.25) is 0 Å². The summed E-state index contributed by atoms with van der Waals surface area (Å²) in [6.07, 6.45) is 1.33. The van der Waals surface area contributed by atoms with Crippen LogP contribution in [0.4, 0.5) is 0 Å². The number of Topliss-reactive ketones (excluding diaryl/α,β-unsaturated/α-hetero) is 1. The molecule has 1 unspecified atom stereocenters. The van der Waals surface area contributed by atoms with Crippen LogP contribution in [0, 0.1) is 19.8 Å². The van der Waals surface area contributed by atoms with E-state index in [1.54, 1.807) is 24.3 Å². The van der Waals surface area contributed by atoms with Gasteiger partial charge in [0.15, 0.2) is 17.3 Å². The summed E-state index contributed by atoms with van der Waals surface area (Å²) in [5.41, 5.74) is 0.504. The summed E-state index contributed by atoms with van der Waals surface area (Å²) in [4.78, 5) is 15.1. The van der Waals surface area contributed by atoms with Crippen LogP contribution in [0.15, 0.2) is 29.2 Å². The van der Waals surface area contributed by atoms with Gasteiger partial charge in [-0.15, -0.1) is 11.3 Å². The van der Waals surface area contributed by atoms with Gasteiger partial charge in [-0.05, 0) is 51.0 Å². The van der Waals surface area contributed by atoms with E-state index in [1.165, 1.54) is 29.9 Å². The van der Waals surface area contributed by atoms with Gasteiger partial charge in [0.25, 0.3) is 0 Å². The van der Waals surface area contributed by atoms with E-state index >= 15 is 0 Å². The Bertz CT molecular complexity index is 980. The van der Waals surface area contributed by atoms with Gasteiger partial charge in [0.05, 0.1) is 19.1 Å². The fraction of sp³-hybridized carbons (Fsp3) is 0.450. The normalized spacial score (nSPS) is 18.1. The molecule has 1 atom stereocenters. The second kappa shape index (κ2) is 8.23. The fourth-order valence-electron chi connectivity index (χ4n) is 3.60. The number of ether oxygens (including phenoxy) is 2. The van der Waals surface area contributed by atoms with Crippen molar-refractivity contribution in [2.45, 2.75) is 31.6 Å². The van der Waals surface area contributed by atoms with Crippen molar-refractivity contribution in [1.29, 1.82) is 0 Å². The van der Waals surface area contributed by atoms with Gasteiger partial charge in [0.2, 0.25) is 10.0 Å². The van der Waals surface area contributed by atoms with Crippen molar-refractivity contribution >= 4 is 27.1 Å². The van der Waals surface area contributed by atoms with Gasteiger partial charge < -0.3 is 9.47 Å². The number of hydrogen-bond donors (Lipinski definition) is 0. The number of rotatable bonds is 6. The predicted molar refractivity (Wildman–Crippen MR) is 109 cm³/mol. The molecule has 0 spiro atoms. The highest BCUT2D eigenvalue weighted by Crippen LogP contribution is 2.33. The number of aryl methyl sites for hydroxylation is 2. The van der Waals surface area contributed by atoms with Crippen LogP contribution in [0.25, 0.3) is 0 Å². The minimum absolute atomic E-state index is 0.0703. The van der Waals surface area contributed by atoms with Gasteiger partial charge in [-0.1, -0.05) is 0 Å². The maximum atomic E-state index is 13.1. The molecule has 1 aromatic carbocycles. The van der Waals surface area contributed by atoms with Crippen LogP contribution in [-0.4, -0.2) is 45.8 Å². The first-order valence-corrected chi connectivity index (χ1v) is 11.4. The Morgan fingerprint density at radius 1 is 1.14 bits per heavy atom. The largest absolute Gasteiger partial charge is 0.493 e. The molecular weight excluding hydrogens is 398 g/mol.